The summed E-state index contributed by atoms with van der Waals surface area (Å²) < 4.78 is 48.3. The lowest BCUT2D eigenvalue weighted by Gasteiger charge is -2.13. The van der Waals surface area contributed by atoms with Crippen molar-refractivity contribution in [3.8, 4) is 11.5 Å². The van der Waals surface area contributed by atoms with Gasteiger partial charge in [-0.3, -0.25) is 0 Å². The standard InChI is InChI=1S/C13H11ClF3N3O2/c1-21-7-3-4-9(22-2)8(5-7)18-11-6-10(14)19-12(20-11)13(15,16)17/h3-6H,1-2H3,(H,18,19,20). The van der Waals surface area contributed by atoms with Gasteiger partial charge in [0.15, 0.2) is 0 Å². The van der Waals surface area contributed by atoms with E-state index in [1.54, 1.807) is 18.2 Å². The van der Waals surface area contributed by atoms with Gasteiger partial charge in [-0.25, -0.2) is 9.97 Å². The molecule has 0 aliphatic rings. The Bertz CT molecular complexity index is 680. The van der Waals surface area contributed by atoms with Gasteiger partial charge < -0.3 is 14.8 Å². The fourth-order valence-corrected chi connectivity index (χ4v) is 1.84. The summed E-state index contributed by atoms with van der Waals surface area (Å²) in [6.45, 7) is 0. The molecule has 0 spiro atoms. The summed E-state index contributed by atoms with van der Waals surface area (Å²) in [4.78, 5) is 6.56. The van der Waals surface area contributed by atoms with E-state index >= 15 is 0 Å². The lowest BCUT2D eigenvalue weighted by atomic mass is 10.2. The molecule has 9 heteroatoms. The number of alkyl halides is 3. The first kappa shape index (κ1) is 16.2. The van der Waals surface area contributed by atoms with Gasteiger partial charge in [0, 0.05) is 12.1 Å². The third kappa shape index (κ3) is 3.70. The van der Waals surface area contributed by atoms with Crippen molar-refractivity contribution in [2.75, 3.05) is 19.5 Å². The van der Waals surface area contributed by atoms with Gasteiger partial charge in [0.1, 0.15) is 22.5 Å². The van der Waals surface area contributed by atoms with Crippen LogP contribution >= 0.6 is 11.6 Å². The van der Waals surface area contributed by atoms with Crippen molar-refractivity contribution in [3.05, 3.63) is 35.2 Å². The quantitative estimate of drug-likeness (QED) is 0.860. The molecule has 22 heavy (non-hydrogen) atoms. The first-order valence-corrected chi connectivity index (χ1v) is 6.32. The Morgan fingerprint density at radius 1 is 1.09 bits per heavy atom. The highest BCUT2D eigenvalue weighted by molar-refractivity contribution is 6.29. The molecule has 2 aromatic rings. The molecule has 0 bridgehead atoms. The second-order valence-corrected chi connectivity index (χ2v) is 4.48. The van der Waals surface area contributed by atoms with Crippen LogP contribution < -0.4 is 14.8 Å². The number of anilines is 2. The van der Waals surface area contributed by atoms with Crippen LogP contribution in [-0.4, -0.2) is 24.2 Å². The van der Waals surface area contributed by atoms with Gasteiger partial charge >= 0.3 is 6.18 Å². The summed E-state index contributed by atoms with van der Waals surface area (Å²) in [7, 11) is 2.90. The Kier molecular flexibility index (Phi) is 4.60. The van der Waals surface area contributed by atoms with Gasteiger partial charge in [0.25, 0.3) is 0 Å². The van der Waals surface area contributed by atoms with Crippen LogP contribution in [-0.2, 0) is 6.18 Å². The number of ether oxygens (including phenoxy) is 2. The zero-order chi connectivity index (χ0) is 16.3. The number of hydrogen-bond acceptors (Lipinski definition) is 5. The minimum Gasteiger partial charge on any atom is -0.497 e. The smallest absolute Gasteiger partial charge is 0.451 e. The maximum atomic E-state index is 12.7. The second kappa shape index (κ2) is 6.27. The molecular weight excluding hydrogens is 323 g/mol. The Morgan fingerprint density at radius 3 is 2.41 bits per heavy atom. The molecule has 1 N–H and O–H groups in total. The molecule has 5 nitrogen and oxygen atoms in total. The first-order valence-electron chi connectivity index (χ1n) is 5.94. The predicted molar refractivity (Wildman–Crippen MR) is 74.9 cm³/mol. The van der Waals surface area contributed by atoms with Gasteiger partial charge in [-0.2, -0.15) is 13.2 Å². The second-order valence-electron chi connectivity index (χ2n) is 4.09. The number of hydrogen-bond donors (Lipinski definition) is 1. The van der Waals surface area contributed by atoms with Crippen LogP contribution in [0.4, 0.5) is 24.7 Å². The molecule has 1 aromatic heterocycles. The van der Waals surface area contributed by atoms with Crippen LogP contribution in [0.25, 0.3) is 0 Å². The highest BCUT2D eigenvalue weighted by Crippen LogP contribution is 2.33. The molecule has 0 fully saturated rings. The average Bonchev–Trinajstić information content (AvgIpc) is 2.45. The van der Waals surface area contributed by atoms with Crippen molar-refractivity contribution in [1.29, 1.82) is 0 Å². The normalized spacial score (nSPS) is 11.2. The lowest BCUT2D eigenvalue weighted by Crippen LogP contribution is -2.12. The molecule has 1 aromatic carbocycles. The van der Waals surface area contributed by atoms with Gasteiger partial charge in [-0.1, -0.05) is 11.6 Å². The lowest BCUT2D eigenvalue weighted by molar-refractivity contribution is -0.144. The molecule has 1 heterocycles. The molecule has 0 atom stereocenters. The maximum Gasteiger partial charge on any atom is 0.451 e. The van der Waals surface area contributed by atoms with E-state index in [9.17, 15) is 13.2 Å². The minimum absolute atomic E-state index is 0.112. The van der Waals surface area contributed by atoms with Crippen LogP contribution in [0, 0.1) is 0 Å². The number of methoxy groups -OCH3 is 2. The maximum absolute atomic E-state index is 12.7. The largest absolute Gasteiger partial charge is 0.497 e. The number of aromatic nitrogens is 2. The highest BCUT2D eigenvalue weighted by atomic mass is 35.5. The fourth-order valence-electron chi connectivity index (χ4n) is 1.66. The van der Waals surface area contributed by atoms with Crippen LogP contribution in [0.3, 0.4) is 0 Å². The minimum atomic E-state index is -4.69. The Labute approximate surface area is 129 Å². The summed E-state index contributed by atoms with van der Waals surface area (Å²) >= 11 is 5.61. The predicted octanol–water partition coefficient (Wildman–Crippen LogP) is 3.91. The van der Waals surface area contributed by atoms with Crippen molar-refractivity contribution in [2.24, 2.45) is 0 Å². The van der Waals surface area contributed by atoms with Crippen molar-refractivity contribution < 1.29 is 22.6 Å². The number of benzene rings is 1. The number of nitrogens with zero attached hydrogens (tertiary/aromatic N) is 2. The number of nitrogens with one attached hydrogen (secondary N) is 1. The molecule has 0 amide bonds. The van der Waals surface area contributed by atoms with E-state index < -0.39 is 12.0 Å². The topological polar surface area (TPSA) is 56.3 Å². The van der Waals surface area contributed by atoms with Gasteiger partial charge in [-0.05, 0) is 12.1 Å². The summed E-state index contributed by atoms with van der Waals surface area (Å²) in [6, 6.07) is 5.99. The Hall–Kier alpha value is -2.22. The third-order valence-electron chi connectivity index (χ3n) is 2.62. The molecule has 2 rings (SSSR count). The van der Waals surface area contributed by atoms with Gasteiger partial charge in [-0.15, -0.1) is 0 Å². The van der Waals surface area contributed by atoms with Crippen molar-refractivity contribution in [1.82, 2.24) is 9.97 Å². The van der Waals surface area contributed by atoms with Crippen molar-refractivity contribution in [3.63, 3.8) is 0 Å². The van der Waals surface area contributed by atoms with Gasteiger partial charge in [0.05, 0.1) is 19.9 Å². The summed E-state index contributed by atoms with van der Waals surface area (Å²) in [5.41, 5.74) is 0.379. The van der Waals surface area contributed by atoms with E-state index in [-0.39, 0.29) is 11.0 Å². The van der Waals surface area contributed by atoms with E-state index in [1.165, 1.54) is 20.3 Å². The van der Waals surface area contributed by atoms with Crippen molar-refractivity contribution in [2.45, 2.75) is 6.18 Å². The van der Waals surface area contributed by atoms with Crippen LogP contribution in [0.1, 0.15) is 5.82 Å². The van der Waals surface area contributed by atoms with Crippen LogP contribution in [0.5, 0.6) is 11.5 Å². The fraction of sp³-hybridized carbons (Fsp3) is 0.231. The first-order chi connectivity index (χ1) is 10.3. The van der Waals surface area contributed by atoms with E-state index in [1.807, 2.05) is 0 Å². The molecule has 0 unspecified atom stereocenters. The molecule has 0 saturated heterocycles. The molecule has 0 aliphatic heterocycles. The van der Waals surface area contributed by atoms with Crippen molar-refractivity contribution >= 4 is 23.1 Å². The Morgan fingerprint density at radius 2 is 1.82 bits per heavy atom. The summed E-state index contributed by atoms with van der Waals surface area (Å²) in [5, 5.41) is 2.38. The van der Waals surface area contributed by atoms with Crippen LogP contribution in [0.15, 0.2) is 24.3 Å². The van der Waals surface area contributed by atoms with E-state index in [4.69, 9.17) is 21.1 Å². The summed E-state index contributed by atoms with van der Waals surface area (Å²) in [5.74, 6) is -0.535. The van der Waals surface area contributed by atoms with Gasteiger partial charge in [0.2, 0.25) is 5.82 Å². The van der Waals surface area contributed by atoms with E-state index in [0.29, 0.717) is 17.2 Å². The van der Waals surface area contributed by atoms with E-state index in [0.717, 1.165) is 0 Å². The SMILES string of the molecule is COc1ccc(OC)c(Nc2cc(Cl)nc(C(F)(F)F)n2)c1. The van der Waals surface area contributed by atoms with E-state index in [2.05, 4.69) is 15.3 Å². The monoisotopic (exact) mass is 333 g/mol. The number of rotatable bonds is 4. The molecule has 0 radical (unpaired) electrons. The number of halogens is 4. The Balaban J connectivity index is 2.40. The molecule has 0 aliphatic carbocycles. The third-order valence-corrected chi connectivity index (χ3v) is 2.81. The molecular formula is C13H11ClF3N3O2. The average molecular weight is 334 g/mol. The zero-order valence-corrected chi connectivity index (χ0v) is 12.3. The molecule has 118 valence electrons. The highest BCUT2D eigenvalue weighted by Gasteiger charge is 2.35. The molecule has 0 saturated carbocycles. The summed E-state index contributed by atoms with van der Waals surface area (Å²) in [6.07, 6.45) is -4.69. The zero-order valence-electron chi connectivity index (χ0n) is 11.5. The van der Waals surface area contributed by atoms with Crippen LogP contribution in [0.2, 0.25) is 5.15 Å².